The average molecular weight is 418 g/mol. The van der Waals surface area contributed by atoms with Gasteiger partial charge in [0.25, 0.3) is 0 Å². The predicted molar refractivity (Wildman–Crippen MR) is 136 cm³/mol. The molecule has 0 saturated carbocycles. The summed E-state index contributed by atoms with van der Waals surface area (Å²) in [5.74, 6) is 1.29. The second-order valence-electron chi connectivity index (χ2n) is 7.86. The maximum Gasteiger partial charge on any atom is 0.127 e. The molecule has 2 nitrogen and oxygen atoms in total. The minimum absolute atomic E-state index is 0.537. The molecule has 0 aliphatic rings. The smallest absolute Gasteiger partial charge is 0.127 e. The van der Waals surface area contributed by atoms with Crippen LogP contribution in [0, 0.1) is 13.8 Å². The third-order valence-electron chi connectivity index (χ3n) is 5.31. The van der Waals surface area contributed by atoms with Crippen LogP contribution in [-0.4, -0.2) is 0 Å². The van der Waals surface area contributed by atoms with Crippen molar-refractivity contribution in [3.63, 3.8) is 0 Å². The fraction of sp³-hybridized carbons (Fsp3) is 0.0667. The lowest BCUT2D eigenvalue weighted by molar-refractivity contribution is 0.447. The SMILES string of the molecule is C=CC(=C)Oc1ccc(-c2ccc(N(c3cccc(C)c3)c3cccc(C)c3)cc2)cc1. The molecule has 0 bridgehead atoms. The van der Waals surface area contributed by atoms with E-state index in [1.165, 1.54) is 11.1 Å². The van der Waals surface area contributed by atoms with E-state index in [0.29, 0.717) is 5.76 Å². The van der Waals surface area contributed by atoms with Crippen LogP contribution < -0.4 is 9.64 Å². The fourth-order valence-corrected chi connectivity index (χ4v) is 3.69. The molecule has 0 fully saturated rings. The van der Waals surface area contributed by atoms with Gasteiger partial charge in [0.05, 0.1) is 0 Å². The first-order valence-corrected chi connectivity index (χ1v) is 10.7. The molecule has 2 heteroatoms. The van der Waals surface area contributed by atoms with Crippen LogP contribution in [0.2, 0.25) is 0 Å². The van der Waals surface area contributed by atoms with Gasteiger partial charge in [-0.1, -0.05) is 61.7 Å². The lowest BCUT2D eigenvalue weighted by Gasteiger charge is -2.26. The van der Waals surface area contributed by atoms with Gasteiger partial charge in [-0.25, -0.2) is 0 Å². The molecule has 0 saturated heterocycles. The van der Waals surface area contributed by atoms with Crippen molar-refractivity contribution in [2.24, 2.45) is 0 Å². The first-order valence-electron chi connectivity index (χ1n) is 10.7. The number of benzene rings is 4. The second kappa shape index (κ2) is 9.40. The van der Waals surface area contributed by atoms with Crippen LogP contribution in [-0.2, 0) is 0 Å². The molecule has 0 unspecified atom stereocenters. The summed E-state index contributed by atoms with van der Waals surface area (Å²) in [4.78, 5) is 2.29. The molecule has 4 aromatic rings. The Hall–Kier alpha value is -4.04. The Bertz CT molecular complexity index is 1190. The largest absolute Gasteiger partial charge is 0.458 e. The summed E-state index contributed by atoms with van der Waals surface area (Å²) >= 11 is 0. The molecule has 0 radical (unpaired) electrons. The Morgan fingerprint density at radius 3 is 1.66 bits per heavy atom. The summed E-state index contributed by atoms with van der Waals surface area (Å²) in [5.41, 5.74) is 8.16. The summed E-state index contributed by atoms with van der Waals surface area (Å²) in [6.07, 6.45) is 1.60. The van der Waals surface area contributed by atoms with E-state index >= 15 is 0 Å². The van der Waals surface area contributed by atoms with Gasteiger partial charge in [0.1, 0.15) is 11.5 Å². The molecule has 0 atom stereocenters. The first kappa shape index (κ1) is 21.2. The molecule has 0 spiro atoms. The van der Waals surface area contributed by atoms with E-state index in [-0.39, 0.29) is 0 Å². The molecule has 0 aliphatic heterocycles. The van der Waals surface area contributed by atoms with Gasteiger partial charge in [0, 0.05) is 17.1 Å². The maximum atomic E-state index is 5.60. The zero-order valence-corrected chi connectivity index (χ0v) is 18.6. The Morgan fingerprint density at radius 2 is 1.19 bits per heavy atom. The van der Waals surface area contributed by atoms with Gasteiger partial charge in [0.2, 0.25) is 0 Å². The maximum absolute atomic E-state index is 5.60. The zero-order chi connectivity index (χ0) is 22.5. The molecular weight excluding hydrogens is 390 g/mol. The van der Waals surface area contributed by atoms with Crippen molar-refractivity contribution in [2.75, 3.05) is 4.90 Å². The molecule has 0 aromatic heterocycles. The van der Waals surface area contributed by atoms with E-state index in [1.807, 2.05) is 12.1 Å². The third kappa shape index (κ3) is 4.81. The highest BCUT2D eigenvalue weighted by Crippen LogP contribution is 2.36. The second-order valence-corrected chi connectivity index (χ2v) is 7.86. The summed E-state index contributed by atoms with van der Waals surface area (Å²) < 4.78 is 5.60. The molecule has 0 amide bonds. The lowest BCUT2D eigenvalue weighted by Crippen LogP contribution is -2.10. The monoisotopic (exact) mass is 417 g/mol. The molecule has 4 rings (SSSR count). The Kier molecular flexibility index (Phi) is 6.23. The van der Waals surface area contributed by atoms with Crippen LogP contribution in [0.1, 0.15) is 11.1 Å². The van der Waals surface area contributed by atoms with Crippen molar-refractivity contribution < 1.29 is 4.74 Å². The normalized spacial score (nSPS) is 10.4. The zero-order valence-electron chi connectivity index (χ0n) is 18.6. The topological polar surface area (TPSA) is 12.5 Å². The van der Waals surface area contributed by atoms with Crippen molar-refractivity contribution in [1.29, 1.82) is 0 Å². The Morgan fingerprint density at radius 1 is 0.688 bits per heavy atom. The first-order chi connectivity index (χ1) is 15.5. The molecule has 32 heavy (non-hydrogen) atoms. The van der Waals surface area contributed by atoms with Gasteiger partial charge < -0.3 is 9.64 Å². The number of aryl methyl sites for hydroxylation is 2. The molecule has 4 aromatic carbocycles. The van der Waals surface area contributed by atoms with Crippen molar-refractivity contribution in [1.82, 2.24) is 0 Å². The van der Waals surface area contributed by atoms with Crippen molar-refractivity contribution in [2.45, 2.75) is 13.8 Å². The number of hydrogen-bond acceptors (Lipinski definition) is 2. The molecular formula is C30H27NO. The number of rotatable bonds is 7. The minimum atomic E-state index is 0.537. The third-order valence-corrected chi connectivity index (χ3v) is 5.31. The van der Waals surface area contributed by atoms with Gasteiger partial charge in [0.15, 0.2) is 0 Å². The van der Waals surface area contributed by atoms with E-state index in [4.69, 9.17) is 4.74 Å². The van der Waals surface area contributed by atoms with E-state index in [1.54, 1.807) is 6.08 Å². The van der Waals surface area contributed by atoms with Gasteiger partial charge in [-0.05, 0) is 90.7 Å². The Labute approximate surface area is 190 Å². The highest BCUT2D eigenvalue weighted by molar-refractivity contribution is 5.78. The minimum Gasteiger partial charge on any atom is -0.458 e. The molecule has 0 aliphatic carbocycles. The summed E-state index contributed by atoms with van der Waals surface area (Å²) in [7, 11) is 0. The van der Waals surface area contributed by atoms with E-state index < -0.39 is 0 Å². The van der Waals surface area contributed by atoms with E-state index in [2.05, 4.69) is 117 Å². The van der Waals surface area contributed by atoms with Gasteiger partial charge >= 0.3 is 0 Å². The van der Waals surface area contributed by atoms with Crippen LogP contribution >= 0.6 is 0 Å². The van der Waals surface area contributed by atoms with Gasteiger partial charge in [-0.15, -0.1) is 0 Å². The predicted octanol–water partition coefficient (Wildman–Crippen LogP) is 8.52. The van der Waals surface area contributed by atoms with Crippen LogP contribution in [0.25, 0.3) is 11.1 Å². The molecule has 158 valence electrons. The van der Waals surface area contributed by atoms with Crippen LogP contribution in [0.4, 0.5) is 17.1 Å². The van der Waals surface area contributed by atoms with Crippen LogP contribution in [0.3, 0.4) is 0 Å². The summed E-state index contributed by atoms with van der Waals surface area (Å²) in [5, 5.41) is 0. The van der Waals surface area contributed by atoms with Crippen molar-refractivity contribution in [3.05, 3.63) is 133 Å². The number of anilines is 3. The number of nitrogens with zero attached hydrogens (tertiary/aromatic N) is 1. The quantitative estimate of drug-likeness (QED) is 0.221. The van der Waals surface area contributed by atoms with Gasteiger partial charge in [-0.3, -0.25) is 0 Å². The standard InChI is InChI=1S/C30H27NO/c1-5-24(4)32-30-18-14-26(15-19-30)25-12-16-27(17-13-25)31(28-10-6-8-22(2)20-28)29-11-7-9-23(3)21-29/h5-21H,1,4H2,2-3H3. The number of allylic oxidation sites excluding steroid dienone is 1. The fourth-order valence-electron chi connectivity index (χ4n) is 3.69. The molecule has 0 N–H and O–H groups in total. The summed E-state index contributed by atoms with van der Waals surface area (Å²) in [6.45, 7) is 11.7. The Balaban J connectivity index is 1.66. The average Bonchev–Trinajstić information content (AvgIpc) is 2.80. The van der Waals surface area contributed by atoms with Crippen LogP contribution in [0.5, 0.6) is 5.75 Å². The highest BCUT2D eigenvalue weighted by Gasteiger charge is 2.13. The van der Waals surface area contributed by atoms with Crippen molar-refractivity contribution >= 4 is 17.1 Å². The highest BCUT2D eigenvalue weighted by atomic mass is 16.5. The number of ether oxygens (including phenoxy) is 1. The van der Waals surface area contributed by atoms with E-state index in [9.17, 15) is 0 Å². The van der Waals surface area contributed by atoms with Gasteiger partial charge in [-0.2, -0.15) is 0 Å². The lowest BCUT2D eigenvalue weighted by atomic mass is 10.0. The van der Waals surface area contributed by atoms with E-state index in [0.717, 1.165) is 33.9 Å². The van der Waals surface area contributed by atoms with Crippen molar-refractivity contribution in [3.8, 4) is 16.9 Å². The number of hydrogen-bond donors (Lipinski definition) is 0. The molecule has 0 heterocycles. The summed E-state index contributed by atoms with van der Waals surface area (Å²) in [6, 6.07) is 33.9. The van der Waals surface area contributed by atoms with Crippen LogP contribution in [0.15, 0.2) is 122 Å².